The van der Waals surface area contributed by atoms with Crippen LogP contribution in [0.1, 0.15) is 28.4 Å². The van der Waals surface area contributed by atoms with Crippen molar-refractivity contribution in [2.75, 3.05) is 11.9 Å². The first-order chi connectivity index (χ1) is 13.0. The number of rotatable bonds is 5. The van der Waals surface area contributed by atoms with Crippen LogP contribution < -0.4 is 5.32 Å². The fraction of sp³-hybridized carbons (Fsp3) is 0.190. The molecule has 0 aliphatic heterocycles. The van der Waals surface area contributed by atoms with E-state index >= 15 is 0 Å². The second-order valence-electron chi connectivity index (χ2n) is 6.02. The van der Waals surface area contributed by atoms with Crippen LogP contribution in [-0.4, -0.2) is 23.5 Å². The first-order valence-corrected chi connectivity index (χ1v) is 8.97. The van der Waals surface area contributed by atoms with Crippen LogP contribution in [0.3, 0.4) is 0 Å². The van der Waals surface area contributed by atoms with Gasteiger partial charge in [0.1, 0.15) is 0 Å². The molecular weight excluding hydrogens is 364 g/mol. The molecule has 3 aromatic rings. The summed E-state index contributed by atoms with van der Waals surface area (Å²) < 4.78 is 5.01. The lowest BCUT2D eigenvalue weighted by Gasteiger charge is -2.14. The van der Waals surface area contributed by atoms with Crippen LogP contribution in [0.2, 0.25) is 5.02 Å². The zero-order valence-corrected chi connectivity index (χ0v) is 15.8. The molecule has 0 atom stereocenters. The Labute approximate surface area is 162 Å². The van der Waals surface area contributed by atoms with Gasteiger partial charge in [0.15, 0.2) is 0 Å². The predicted molar refractivity (Wildman–Crippen MR) is 106 cm³/mol. The average molecular weight is 383 g/mol. The highest BCUT2D eigenvalue weighted by Crippen LogP contribution is 2.26. The summed E-state index contributed by atoms with van der Waals surface area (Å²) in [6, 6.07) is 12.7. The van der Waals surface area contributed by atoms with Crippen molar-refractivity contribution in [2.24, 2.45) is 0 Å². The summed E-state index contributed by atoms with van der Waals surface area (Å²) >= 11 is 6.22. The van der Waals surface area contributed by atoms with Gasteiger partial charge in [-0.15, -0.1) is 0 Å². The van der Waals surface area contributed by atoms with Crippen molar-refractivity contribution in [3.05, 3.63) is 70.4 Å². The molecule has 1 heterocycles. The Morgan fingerprint density at radius 1 is 1.15 bits per heavy atom. The maximum atomic E-state index is 13.0. The van der Waals surface area contributed by atoms with Gasteiger partial charge in [-0.05, 0) is 43.2 Å². The number of esters is 1. The van der Waals surface area contributed by atoms with Crippen molar-refractivity contribution in [3.8, 4) is 0 Å². The molecule has 0 saturated carbocycles. The Balaban J connectivity index is 1.98. The molecule has 0 aliphatic carbocycles. The lowest BCUT2D eigenvalue weighted by molar-refractivity contribution is -0.142. The molecule has 0 unspecified atom stereocenters. The summed E-state index contributed by atoms with van der Waals surface area (Å²) in [5, 5.41) is 4.29. The van der Waals surface area contributed by atoms with Crippen molar-refractivity contribution >= 4 is 40.1 Å². The van der Waals surface area contributed by atoms with Gasteiger partial charge in [-0.25, -0.2) is 0 Å². The molecule has 1 N–H and O–H groups in total. The molecule has 0 bridgehead atoms. The van der Waals surface area contributed by atoms with Crippen LogP contribution in [0, 0.1) is 6.92 Å². The minimum atomic E-state index is -0.389. The third kappa shape index (κ3) is 4.09. The number of nitrogens with one attached hydrogen (secondary N) is 1. The van der Waals surface area contributed by atoms with Gasteiger partial charge in [-0.1, -0.05) is 35.9 Å². The van der Waals surface area contributed by atoms with Gasteiger partial charge in [0.05, 0.1) is 24.2 Å². The smallest absolute Gasteiger partial charge is 0.310 e. The number of para-hydroxylation sites is 1. The molecule has 2 aromatic carbocycles. The molecule has 0 radical (unpaired) electrons. The number of fused-ring (bicyclic) bond motifs is 1. The minimum Gasteiger partial charge on any atom is -0.466 e. The van der Waals surface area contributed by atoms with Gasteiger partial charge in [-0.2, -0.15) is 0 Å². The quantitative estimate of drug-likeness (QED) is 0.657. The van der Waals surface area contributed by atoms with Crippen molar-refractivity contribution in [2.45, 2.75) is 20.3 Å². The highest BCUT2D eigenvalue weighted by atomic mass is 35.5. The summed E-state index contributed by atoms with van der Waals surface area (Å²) in [6.07, 6.45) is 1.68. The van der Waals surface area contributed by atoms with E-state index in [-0.39, 0.29) is 24.9 Å². The molecule has 0 saturated heterocycles. The number of nitrogens with zero attached hydrogens (tertiary/aromatic N) is 1. The molecule has 5 nitrogen and oxygen atoms in total. The van der Waals surface area contributed by atoms with Crippen LogP contribution in [0.5, 0.6) is 0 Å². The Kier molecular flexibility index (Phi) is 5.72. The van der Waals surface area contributed by atoms with E-state index in [1.54, 1.807) is 38.2 Å². The Bertz CT molecular complexity index is 1010. The van der Waals surface area contributed by atoms with E-state index in [9.17, 15) is 9.59 Å². The number of carbonyl (C=O) groups excluding carboxylic acids is 2. The summed E-state index contributed by atoms with van der Waals surface area (Å²) in [5.41, 5.74) is 2.85. The fourth-order valence-electron chi connectivity index (χ4n) is 2.96. The van der Waals surface area contributed by atoms with E-state index in [4.69, 9.17) is 16.3 Å². The summed E-state index contributed by atoms with van der Waals surface area (Å²) in [6.45, 7) is 3.79. The number of ether oxygens (including phenoxy) is 1. The molecule has 0 fully saturated rings. The first-order valence-electron chi connectivity index (χ1n) is 8.60. The van der Waals surface area contributed by atoms with Crippen LogP contribution in [-0.2, 0) is 16.0 Å². The molecule has 0 spiro atoms. The van der Waals surface area contributed by atoms with Crippen molar-refractivity contribution < 1.29 is 14.3 Å². The maximum Gasteiger partial charge on any atom is 0.310 e. The highest BCUT2D eigenvalue weighted by Gasteiger charge is 2.20. The van der Waals surface area contributed by atoms with E-state index in [2.05, 4.69) is 10.3 Å². The zero-order valence-electron chi connectivity index (χ0n) is 15.1. The summed E-state index contributed by atoms with van der Waals surface area (Å²) in [5.74, 6) is -0.729. The number of aromatic nitrogens is 1. The first kappa shape index (κ1) is 18.9. The maximum absolute atomic E-state index is 13.0. The van der Waals surface area contributed by atoms with E-state index in [1.165, 1.54) is 0 Å². The van der Waals surface area contributed by atoms with Crippen molar-refractivity contribution in [1.29, 1.82) is 0 Å². The van der Waals surface area contributed by atoms with Gasteiger partial charge in [-0.3, -0.25) is 14.6 Å². The number of hydrogen-bond acceptors (Lipinski definition) is 4. The number of hydrogen-bond donors (Lipinski definition) is 1. The monoisotopic (exact) mass is 382 g/mol. The number of halogens is 1. The van der Waals surface area contributed by atoms with Crippen molar-refractivity contribution in [1.82, 2.24) is 4.98 Å². The number of carbonyl (C=O) groups is 2. The van der Waals surface area contributed by atoms with Gasteiger partial charge < -0.3 is 10.1 Å². The number of benzene rings is 2. The van der Waals surface area contributed by atoms with Gasteiger partial charge >= 0.3 is 5.97 Å². The molecule has 1 aromatic heterocycles. The molecule has 0 aliphatic rings. The molecule has 1 amide bonds. The Morgan fingerprint density at radius 2 is 1.93 bits per heavy atom. The Morgan fingerprint density at radius 3 is 2.70 bits per heavy atom. The fourth-order valence-corrected chi connectivity index (χ4v) is 3.12. The SMILES string of the molecule is CCOC(=O)Cc1ccc(Cl)c(C)c1C(=O)Nc1cccc2cccnc12. The normalized spacial score (nSPS) is 10.6. The molecular formula is C21H19ClN2O3. The van der Waals surface area contributed by atoms with Crippen LogP contribution in [0.25, 0.3) is 10.9 Å². The number of anilines is 1. The van der Waals surface area contributed by atoms with Crippen LogP contribution in [0.4, 0.5) is 5.69 Å². The third-order valence-electron chi connectivity index (χ3n) is 4.23. The molecule has 6 heteroatoms. The van der Waals surface area contributed by atoms with E-state index in [1.807, 2.05) is 24.3 Å². The average Bonchev–Trinajstić information content (AvgIpc) is 2.65. The molecule has 138 valence electrons. The third-order valence-corrected chi connectivity index (χ3v) is 4.64. The Hall–Kier alpha value is -2.92. The largest absolute Gasteiger partial charge is 0.466 e. The number of amides is 1. The second-order valence-corrected chi connectivity index (χ2v) is 6.43. The minimum absolute atomic E-state index is 0.00237. The van der Waals surface area contributed by atoms with Gasteiger partial charge in [0, 0.05) is 22.2 Å². The summed E-state index contributed by atoms with van der Waals surface area (Å²) in [4.78, 5) is 29.3. The topological polar surface area (TPSA) is 68.3 Å². The lowest BCUT2D eigenvalue weighted by Crippen LogP contribution is -2.19. The predicted octanol–water partition coefficient (Wildman–Crippen LogP) is 4.55. The van der Waals surface area contributed by atoms with E-state index in [0.29, 0.717) is 32.9 Å². The van der Waals surface area contributed by atoms with Crippen molar-refractivity contribution in [3.63, 3.8) is 0 Å². The van der Waals surface area contributed by atoms with Gasteiger partial charge in [0.25, 0.3) is 5.91 Å². The highest BCUT2D eigenvalue weighted by molar-refractivity contribution is 6.32. The second kappa shape index (κ2) is 8.18. The van der Waals surface area contributed by atoms with Crippen LogP contribution >= 0.6 is 11.6 Å². The van der Waals surface area contributed by atoms with Gasteiger partial charge in [0.2, 0.25) is 0 Å². The standard InChI is InChI=1S/C21H19ClN2O3/c1-3-27-18(25)12-15-9-10-16(22)13(2)19(15)21(26)24-17-8-4-6-14-7-5-11-23-20(14)17/h4-11H,3,12H2,1-2H3,(H,24,26). The van der Waals surface area contributed by atoms with Crippen LogP contribution in [0.15, 0.2) is 48.7 Å². The lowest BCUT2D eigenvalue weighted by atomic mass is 9.98. The molecule has 3 rings (SSSR count). The van der Waals surface area contributed by atoms with E-state index < -0.39 is 0 Å². The zero-order chi connectivity index (χ0) is 19.4. The van der Waals surface area contributed by atoms with E-state index in [0.717, 1.165) is 5.39 Å². The number of pyridine rings is 1. The summed E-state index contributed by atoms with van der Waals surface area (Å²) in [7, 11) is 0. The molecule has 27 heavy (non-hydrogen) atoms.